The molecule has 0 aliphatic carbocycles. The van der Waals surface area contributed by atoms with Crippen molar-refractivity contribution in [2.24, 2.45) is 0 Å². The fraction of sp³-hybridized carbons (Fsp3) is 0. The summed E-state index contributed by atoms with van der Waals surface area (Å²) in [5.74, 6) is -0.522. The predicted molar refractivity (Wildman–Crippen MR) is 57.2 cm³/mol. The van der Waals surface area contributed by atoms with Crippen LogP contribution in [0.5, 0.6) is 0 Å². The molecule has 2 rings (SSSR count). The van der Waals surface area contributed by atoms with E-state index in [4.69, 9.17) is 0 Å². The van der Waals surface area contributed by atoms with E-state index in [0.717, 1.165) is 0 Å². The van der Waals surface area contributed by atoms with E-state index in [1.807, 2.05) is 0 Å². The van der Waals surface area contributed by atoms with Crippen LogP contribution in [0.25, 0.3) is 17.5 Å². The van der Waals surface area contributed by atoms with Gasteiger partial charge >= 0.3 is 0 Å². The van der Waals surface area contributed by atoms with Gasteiger partial charge in [0.1, 0.15) is 11.5 Å². The Hall–Kier alpha value is -2.30. The van der Waals surface area contributed by atoms with E-state index in [1.54, 1.807) is 10.8 Å². The highest BCUT2D eigenvalue weighted by molar-refractivity contribution is 5.84. The van der Waals surface area contributed by atoms with Crippen molar-refractivity contribution in [1.82, 2.24) is 14.5 Å². The molecule has 0 aliphatic heterocycles. The number of rotatable bonds is 3. The van der Waals surface area contributed by atoms with Gasteiger partial charge in [0.25, 0.3) is 0 Å². The Labute approximate surface area is 91.1 Å². The molecule has 2 aromatic heterocycles. The fourth-order valence-corrected chi connectivity index (χ4v) is 1.36. The van der Waals surface area contributed by atoms with E-state index in [2.05, 4.69) is 16.5 Å². The molecular weight excluding hydrogens is 209 g/mol. The highest BCUT2D eigenvalue weighted by Crippen LogP contribution is 2.22. The maximum absolute atomic E-state index is 13.6. The Morgan fingerprint density at radius 3 is 2.88 bits per heavy atom. The summed E-state index contributed by atoms with van der Waals surface area (Å²) in [7, 11) is 0. The predicted octanol–water partition coefficient (Wildman–Crippen LogP) is 2.00. The molecule has 0 fully saturated rings. The molecule has 4 nitrogen and oxygen atoms in total. The molecule has 0 aromatic carbocycles. The van der Waals surface area contributed by atoms with E-state index in [-0.39, 0.29) is 11.3 Å². The van der Waals surface area contributed by atoms with Crippen LogP contribution in [0.2, 0.25) is 0 Å². The SMILES string of the molecule is C=Cn1cnc(-c2c(F)ccnc2C=O)c1. The zero-order valence-electron chi connectivity index (χ0n) is 8.30. The molecule has 0 saturated heterocycles. The zero-order valence-corrected chi connectivity index (χ0v) is 8.30. The van der Waals surface area contributed by atoms with Gasteiger partial charge in [0.15, 0.2) is 6.29 Å². The molecule has 80 valence electrons. The lowest BCUT2D eigenvalue weighted by molar-refractivity contribution is 0.111. The Morgan fingerprint density at radius 2 is 2.25 bits per heavy atom. The highest BCUT2D eigenvalue weighted by Gasteiger charge is 2.13. The lowest BCUT2D eigenvalue weighted by atomic mass is 10.1. The first-order chi connectivity index (χ1) is 7.76. The minimum absolute atomic E-state index is 0.0364. The Kier molecular flexibility index (Phi) is 2.59. The molecule has 0 radical (unpaired) electrons. The number of nitrogens with zero attached hydrogens (tertiary/aromatic N) is 3. The van der Waals surface area contributed by atoms with Gasteiger partial charge in [0.2, 0.25) is 0 Å². The van der Waals surface area contributed by atoms with E-state index < -0.39 is 5.82 Å². The van der Waals surface area contributed by atoms with Crippen LogP contribution in [0.15, 0.2) is 31.4 Å². The molecule has 0 N–H and O–H groups in total. The van der Waals surface area contributed by atoms with Gasteiger partial charge in [-0.15, -0.1) is 0 Å². The number of hydrogen-bond donors (Lipinski definition) is 0. The van der Waals surface area contributed by atoms with Crippen LogP contribution < -0.4 is 0 Å². The Morgan fingerprint density at radius 1 is 1.44 bits per heavy atom. The highest BCUT2D eigenvalue weighted by atomic mass is 19.1. The molecule has 16 heavy (non-hydrogen) atoms. The van der Waals surface area contributed by atoms with Crippen LogP contribution in [-0.2, 0) is 0 Å². The molecule has 0 bridgehead atoms. The van der Waals surface area contributed by atoms with Gasteiger partial charge < -0.3 is 4.57 Å². The number of carbonyl (C=O) groups is 1. The maximum atomic E-state index is 13.6. The number of carbonyl (C=O) groups excluding carboxylic acids is 1. The summed E-state index contributed by atoms with van der Waals surface area (Å²) in [6.07, 6.45) is 6.31. The summed E-state index contributed by atoms with van der Waals surface area (Å²) < 4.78 is 15.1. The Bertz CT molecular complexity index is 548. The van der Waals surface area contributed by atoms with Crippen molar-refractivity contribution in [2.75, 3.05) is 0 Å². The molecule has 0 saturated carbocycles. The number of imidazole rings is 1. The first kappa shape index (κ1) is 10.2. The van der Waals surface area contributed by atoms with Gasteiger partial charge in [-0.25, -0.2) is 9.37 Å². The third-order valence-corrected chi connectivity index (χ3v) is 2.11. The second-order valence-electron chi connectivity index (χ2n) is 3.06. The summed E-state index contributed by atoms with van der Waals surface area (Å²) in [6.45, 7) is 3.55. The van der Waals surface area contributed by atoms with Crippen LogP contribution >= 0.6 is 0 Å². The van der Waals surface area contributed by atoms with Crippen LogP contribution in [0, 0.1) is 5.82 Å². The van der Waals surface area contributed by atoms with E-state index in [0.29, 0.717) is 12.0 Å². The first-order valence-electron chi connectivity index (χ1n) is 4.52. The number of pyridine rings is 1. The van der Waals surface area contributed by atoms with Crippen molar-refractivity contribution in [1.29, 1.82) is 0 Å². The van der Waals surface area contributed by atoms with Gasteiger partial charge in [-0.2, -0.15) is 0 Å². The second-order valence-corrected chi connectivity index (χ2v) is 3.06. The topological polar surface area (TPSA) is 47.8 Å². The molecule has 5 heteroatoms. The Balaban J connectivity index is 2.62. The molecule has 0 spiro atoms. The molecule has 0 atom stereocenters. The van der Waals surface area contributed by atoms with Crippen molar-refractivity contribution in [3.63, 3.8) is 0 Å². The average Bonchev–Trinajstić information content (AvgIpc) is 2.76. The molecule has 0 aliphatic rings. The van der Waals surface area contributed by atoms with E-state index in [1.165, 1.54) is 24.8 Å². The third-order valence-electron chi connectivity index (χ3n) is 2.11. The lowest BCUT2D eigenvalue weighted by Gasteiger charge is -2.01. The largest absolute Gasteiger partial charge is 0.313 e. The van der Waals surface area contributed by atoms with Crippen LogP contribution in [0.3, 0.4) is 0 Å². The zero-order chi connectivity index (χ0) is 11.5. The minimum atomic E-state index is -0.522. The van der Waals surface area contributed by atoms with E-state index in [9.17, 15) is 9.18 Å². The summed E-state index contributed by atoms with van der Waals surface area (Å²) in [5, 5.41) is 0. The van der Waals surface area contributed by atoms with E-state index >= 15 is 0 Å². The molecule has 0 amide bonds. The van der Waals surface area contributed by atoms with Crippen LogP contribution in [0.4, 0.5) is 4.39 Å². The number of aldehydes is 1. The molecule has 2 aromatic rings. The lowest BCUT2D eigenvalue weighted by Crippen LogP contribution is -1.95. The number of halogens is 1. The summed E-state index contributed by atoms with van der Waals surface area (Å²) in [6, 6.07) is 1.19. The van der Waals surface area contributed by atoms with Crippen molar-refractivity contribution >= 4 is 12.5 Å². The van der Waals surface area contributed by atoms with Crippen molar-refractivity contribution in [3.05, 3.63) is 42.9 Å². The monoisotopic (exact) mass is 217 g/mol. The standard InChI is InChI=1S/C11H8FN3O/c1-2-15-5-9(14-7-15)11-8(12)3-4-13-10(11)6-16/h2-7H,1H2. The fourth-order valence-electron chi connectivity index (χ4n) is 1.36. The van der Waals surface area contributed by atoms with Gasteiger partial charge in [0, 0.05) is 18.6 Å². The van der Waals surface area contributed by atoms with Crippen molar-refractivity contribution in [2.45, 2.75) is 0 Å². The molecule has 0 unspecified atom stereocenters. The quantitative estimate of drug-likeness (QED) is 0.739. The van der Waals surface area contributed by atoms with Gasteiger partial charge in [-0.3, -0.25) is 9.78 Å². The van der Waals surface area contributed by atoms with Crippen molar-refractivity contribution in [3.8, 4) is 11.3 Å². The summed E-state index contributed by atoms with van der Waals surface area (Å²) in [4.78, 5) is 18.5. The summed E-state index contributed by atoms with van der Waals surface area (Å²) in [5.41, 5.74) is 0.500. The van der Waals surface area contributed by atoms with Gasteiger partial charge in [-0.1, -0.05) is 6.58 Å². The van der Waals surface area contributed by atoms with Crippen LogP contribution in [0.1, 0.15) is 10.5 Å². The normalized spacial score (nSPS) is 10.1. The summed E-state index contributed by atoms with van der Waals surface area (Å²) >= 11 is 0. The van der Waals surface area contributed by atoms with Crippen LogP contribution in [-0.4, -0.2) is 20.8 Å². The first-order valence-corrected chi connectivity index (χ1v) is 4.52. The molecule has 2 heterocycles. The maximum Gasteiger partial charge on any atom is 0.169 e. The second kappa shape index (κ2) is 4.06. The average molecular weight is 217 g/mol. The number of hydrogen-bond acceptors (Lipinski definition) is 3. The van der Waals surface area contributed by atoms with Gasteiger partial charge in [0.05, 0.1) is 17.6 Å². The smallest absolute Gasteiger partial charge is 0.169 e. The third kappa shape index (κ3) is 1.63. The number of aromatic nitrogens is 3. The van der Waals surface area contributed by atoms with Crippen molar-refractivity contribution < 1.29 is 9.18 Å². The minimum Gasteiger partial charge on any atom is -0.313 e. The van der Waals surface area contributed by atoms with Gasteiger partial charge in [-0.05, 0) is 6.07 Å². The molecular formula is C11H8FN3O.